The van der Waals surface area contributed by atoms with Crippen LogP contribution in [0.25, 0.3) is 10.9 Å². The molecule has 1 saturated carbocycles. The number of benzene rings is 1. The molecule has 0 atom stereocenters. The highest BCUT2D eigenvalue weighted by atomic mass is 32.1. The fourth-order valence-corrected chi connectivity index (χ4v) is 4.72. The summed E-state index contributed by atoms with van der Waals surface area (Å²) in [6, 6.07) is 9.43. The SMILES string of the molecule is Cc1[nH]c2ccc(F)cc2c1CCN(Cc1cccnc1)C(=S)NC1CCCCC1. The maximum atomic E-state index is 13.8. The van der Waals surface area contributed by atoms with Crippen molar-refractivity contribution in [3.05, 3.63) is 65.4 Å². The summed E-state index contributed by atoms with van der Waals surface area (Å²) in [6.45, 7) is 3.53. The van der Waals surface area contributed by atoms with E-state index in [0.29, 0.717) is 12.6 Å². The van der Waals surface area contributed by atoms with Gasteiger partial charge in [-0.3, -0.25) is 4.98 Å². The average molecular weight is 425 g/mol. The number of pyridine rings is 1. The molecule has 4 rings (SSSR count). The van der Waals surface area contributed by atoms with Crippen molar-refractivity contribution in [2.45, 2.75) is 58.0 Å². The van der Waals surface area contributed by atoms with Crippen LogP contribution < -0.4 is 5.32 Å². The number of hydrogen-bond acceptors (Lipinski definition) is 2. The van der Waals surface area contributed by atoms with Crippen LogP contribution in [0.1, 0.15) is 48.9 Å². The summed E-state index contributed by atoms with van der Waals surface area (Å²) in [5, 5.41) is 5.36. The summed E-state index contributed by atoms with van der Waals surface area (Å²) in [5.41, 5.74) is 4.35. The third-order valence-electron chi connectivity index (χ3n) is 6.03. The Morgan fingerprint density at radius 3 is 2.87 bits per heavy atom. The minimum Gasteiger partial charge on any atom is -0.360 e. The third-order valence-corrected chi connectivity index (χ3v) is 6.41. The van der Waals surface area contributed by atoms with Crippen molar-refractivity contribution in [3.63, 3.8) is 0 Å². The Bertz CT molecular complexity index is 995. The highest BCUT2D eigenvalue weighted by Gasteiger charge is 2.19. The number of aryl methyl sites for hydroxylation is 1. The molecule has 2 heterocycles. The fraction of sp³-hybridized carbons (Fsp3) is 0.417. The second-order valence-electron chi connectivity index (χ2n) is 8.24. The van der Waals surface area contributed by atoms with Gasteiger partial charge in [-0.25, -0.2) is 4.39 Å². The van der Waals surface area contributed by atoms with Crippen LogP contribution >= 0.6 is 12.2 Å². The monoisotopic (exact) mass is 424 g/mol. The molecule has 0 unspecified atom stereocenters. The van der Waals surface area contributed by atoms with Crippen molar-refractivity contribution in [1.82, 2.24) is 20.2 Å². The van der Waals surface area contributed by atoms with E-state index in [2.05, 4.69) is 33.2 Å². The van der Waals surface area contributed by atoms with Crippen LogP contribution in [-0.2, 0) is 13.0 Å². The number of rotatable bonds is 6. The number of aromatic nitrogens is 2. The van der Waals surface area contributed by atoms with Gasteiger partial charge in [-0.15, -0.1) is 0 Å². The summed E-state index contributed by atoms with van der Waals surface area (Å²) in [6.07, 6.45) is 10.7. The lowest BCUT2D eigenvalue weighted by atomic mass is 9.96. The Hall–Kier alpha value is -2.47. The van der Waals surface area contributed by atoms with E-state index >= 15 is 0 Å². The first-order valence-corrected chi connectivity index (χ1v) is 11.2. The van der Waals surface area contributed by atoms with Gasteiger partial charge in [-0.2, -0.15) is 0 Å². The maximum Gasteiger partial charge on any atom is 0.169 e. The molecule has 4 nitrogen and oxygen atoms in total. The largest absolute Gasteiger partial charge is 0.360 e. The molecule has 0 saturated heterocycles. The van der Waals surface area contributed by atoms with Gasteiger partial charge >= 0.3 is 0 Å². The van der Waals surface area contributed by atoms with Crippen molar-refractivity contribution < 1.29 is 4.39 Å². The molecule has 2 aromatic heterocycles. The molecular weight excluding hydrogens is 395 g/mol. The molecule has 1 fully saturated rings. The van der Waals surface area contributed by atoms with Crippen LogP contribution in [0.4, 0.5) is 4.39 Å². The second-order valence-corrected chi connectivity index (χ2v) is 8.62. The van der Waals surface area contributed by atoms with Gasteiger partial charge in [-0.1, -0.05) is 25.3 Å². The molecule has 1 aliphatic carbocycles. The van der Waals surface area contributed by atoms with E-state index in [9.17, 15) is 4.39 Å². The third kappa shape index (κ3) is 4.98. The van der Waals surface area contributed by atoms with Crippen molar-refractivity contribution in [2.75, 3.05) is 6.54 Å². The van der Waals surface area contributed by atoms with Gasteiger partial charge in [0.05, 0.1) is 0 Å². The Balaban J connectivity index is 1.51. The van der Waals surface area contributed by atoms with E-state index in [-0.39, 0.29) is 5.82 Å². The van der Waals surface area contributed by atoms with Crippen molar-refractivity contribution in [2.24, 2.45) is 0 Å². The van der Waals surface area contributed by atoms with Crippen molar-refractivity contribution in [1.29, 1.82) is 0 Å². The molecule has 158 valence electrons. The minimum atomic E-state index is -0.204. The Labute approximate surface area is 182 Å². The first kappa shape index (κ1) is 20.8. The molecule has 3 aromatic rings. The fourth-order valence-electron chi connectivity index (χ4n) is 4.40. The molecule has 1 aromatic carbocycles. The van der Waals surface area contributed by atoms with Crippen LogP contribution in [0.3, 0.4) is 0 Å². The summed E-state index contributed by atoms with van der Waals surface area (Å²) in [5.74, 6) is -0.204. The van der Waals surface area contributed by atoms with E-state index in [1.54, 1.807) is 12.3 Å². The van der Waals surface area contributed by atoms with E-state index < -0.39 is 0 Å². The van der Waals surface area contributed by atoms with Crippen LogP contribution in [-0.4, -0.2) is 32.6 Å². The van der Waals surface area contributed by atoms with Gasteiger partial charge < -0.3 is 15.2 Å². The molecule has 1 aliphatic rings. The number of aromatic amines is 1. The first-order valence-electron chi connectivity index (χ1n) is 10.8. The number of halogens is 1. The lowest BCUT2D eigenvalue weighted by Gasteiger charge is -2.31. The first-order chi connectivity index (χ1) is 14.6. The second kappa shape index (κ2) is 9.56. The van der Waals surface area contributed by atoms with Crippen LogP contribution in [0.15, 0.2) is 42.7 Å². The van der Waals surface area contributed by atoms with Crippen LogP contribution in [0, 0.1) is 12.7 Å². The smallest absolute Gasteiger partial charge is 0.169 e. The molecule has 0 radical (unpaired) electrons. The van der Waals surface area contributed by atoms with E-state index in [4.69, 9.17) is 12.2 Å². The minimum absolute atomic E-state index is 0.204. The maximum absolute atomic E-state index is 13.8. The quantitative estimate of drug-likeness (QED) is 0.530. The average Bonchev–Trinajstić information content (AvgIpc) is 3.07. The Morgan fingerprint density at radius 1 is 1.27 bits per heavy atom. The number of fused-ring (bicyclic) bond motifs is 1. The van der Waals surface area contributed by atoms with E-state index in [1.165, 1.54) is 38.2 Å². The van der Waals surface area contributed by atoms with Gasteiger partial charge in [0.15, 0.2) is 5.11 Å². The summed E-state index contributed by atoms with van der Waals surface area (Å²) < 4.78 is 13.8. The van der Waals surface area contributed by atoms with Gasteiger partial charge in [-0.05, 0) is 73.8 Å². The zero-order valence-electron chi connectivity index (χ0n) is 17.5. The normalized spacial score (nSPS) is 14.7. The lowest BCUT2D eigenvalue weighted by molar-refractivity contribution is 0.369. The molecule has 0 aliphatic heterocycles. The molecule has 6 heteroatoms. The van der Waals surface area contributed by atoms with Crippen molar-refractivity contribution in [3.8, 4) is 0 Å². The molecule has 2 N–H and O–H groups in total. The van der Waals surface area contributed by atoms with Gasteiger partial charge in [0.1, 0.15) is 5.82 Å². The predicted octanol–water partition coefficient (Wildman–Crippen LogP) is 5.26. The van der Waals surface area contributed by atoms with Gasteiger partial charge in [0, 0.05) is 48.1 Å². The molecule has 0 bridgehead atoms. The number of thiocarbonyl (C=S) groups is 1. The molecule has 0 amide bonds. The topological polar surface area (TPSA) is 44.0 Å². The van der Waals surface area contributed by atoms with Crippen LogP contribution in [0.5, 0.6) is 0 Å². The van der Waals surface area contributed by atoms with E-state index in [0.717, 1.165) is 45.8 Å². The zero-order valence-corrected chi connectivity index (χ0v) is 18.3. The van der Waals surface area contributed by atoms with E-state index in [1.807, 2.05) is 18.3 Å². The van der Waals surface area contributed by atoms with Crippen molar-refractivity contribution >= 4 is 28.2 Å². The number of H-pyrrole nitrogens is 1. The van der Waals surface area contributed by atoms with Gasteiger partial charge in [0.25, 0.3) is 0 Å². The summed E-state index contributed by atoms with van der Waals surface area (Å²) in [4.78, 5) is 9.85. The highest BCUT2D eigenvalue weighted by Crippen LogP contribution is 2.24. The Morgan fingerprint density at radius 2 is 2.10 bits per heavy atom. The highest BCUT2D eigenvalue weighted by molar-refractivity contribution is 7.80. The number of nitrogens with zero attached hydrogens (tertiary/aromatic N) is 2. The lowest BCUT2D eigenvalue weighted by Crippen LogP contribution is -2.45. The predicted molar refractivity (Wildman–Crippen MR) is 124 cm³/mol. The van der Waals surface area contributed by atoms with Gasteiger partial charge in [0.2, 0.25) is 0 Å². The van der Waals surface area contributed by atoms with Crippen LogP contribution in [0.2, 0.25) is 0 Å². The summed E-state index contributed by atoms with van der Waals surface area (Å²) in [7, 11) is 0. The number of nitrogens with one attached hydrogen (secondary N) is 2. The molecule has 0 spiro atoms. The standard InChI is InChI=1S/C24H29FN4S/c1-17-21(22-14-19(25)9-10-23(22)27-17)11-13-29(16-18-6-5-12-26-15-18)24(30)28-20-7-3-2-4-8-20/h5-6,9-10,12,14-15,20,27H,2-4,7-8,11,13,16H2,1H3,(H,28,30). The molecule has 30 heavy (non-hydrogen) atoms. The summed E-state index contributed by atoms with van der Waals surface area (Å²) >= 11 is 5.83. The zero-order chi connectivity index (χ0) is 20.9. The Kier molecular flexibility index (Phi) is 6.62. The molecular formula is C24H29FN4S. The number of hydrogen-bond donors (Lipinski definition) is 2.